The zero-order valence-electron chi connectivity index (χ0n) is 13.7. The highest BCUT2D eigenvalue weighted by Crippen LogP contribution is 2.25. The highest BCUT2D eigenvalue weighted by atomic mass is 79.9. The maximum atomic E-state index is 12.6. The standard InChI is InChI=1S/C16H26BrN5O/c17-14-10-18-15-11-19(4-9-22(14)15)12-16(23)21-7-5-20(6-8-21)13-2-1-3-13/h13-14H,1-12H2. The molecule has 0 bridgehead atoms. The van der Waals surface area contributed by atoms with Crippen LogP contribution < -0.4 is 0 Å². The molecule has 1 atom stereocenters. The molecule has 0 aromatic carbocycles. The van der Waals surface area contributed by atoms with Crippen LogP contribution in [0.5, 0.6) is 0 Å². The topological polar surface area (TPSA) is 42.4 Å². The number of piperazine rings is 2. The van der Waals surface area contributed by atoms with Crippen LogP contribution in [0.25, 0.3) is 0 Å². The molecular weight excluding hydrogens is 358 g/mol. The van der Waals surface area contributed by atoms with E-state index in [0.29, 0.717) is 17.4 Å². The van der Waals surface area contributed by atoms with Gasteiger partial charge in [-0.2, -0.15) is 0 Å². The molecule has 0 aromatic heterocycles. The van der Waals surface area contributed by atoms with Crippen LogP contribution in [0, 0.1) is 0 Å². The second-order valence-electron chi connectivity index (χ2n) is 7.10. The van der Waals surface area contributed by atoms with Crippen LogP contribution in [0.2, 0.25) is 0 Å². The fourth-order valence-electron chi connectivity index (χ4n) is 3.98. The molecule has 2 saturated heterocycles. The smallest absolute Gasteiger partial charge is 0.236 e. The van der Waals surface area contributed by atoms with Gasteiger partial charge < -0.3 is 9.80 Å². The lowest BCUT2D eigenvalue weighted by Gasteiger charge is -2.43. The molecule has 128 valence electrons. The van der Waals surface area contributed by atoms with Crippen LogP contribution in [0.1, 0.15) is 19.3 Å². The van der Waals surface area contributed by atoms with E-state index in [9.17, 15) is 4.79 Å². The van der Waals surface area contributed by atoms with Crippen molar-refractivity contribution in [2.24, 2.45) is 4.99 Å². The van der Waals surface area contributed by atoms with Gasteiger partial charge in [0.05, 0.1) is 19.6 Å². The van der Waals surface area contributed by atoms with Crippen molar-refractivity contribution in [1.82, 2.24) is 19.6 Å². The molecule has 23 heavy (non-hydrogen) atoms. The number of rotatable bonds is 3. The number of amidine groups is 1. The van der Waals surface area contributed by atoms with Gasteiger partial charge in [-0.05, 0) is 12.8 Å². The Balaban J connectivity index is 1.24. The van der Waals surface area contributed by atoms with E-state index in [0.717, 1.165) is 64.2 Å². The van der Waals surface area contributed by atoms with E-state index < -0.39 is 0 Å². The predicted octanol–water partition coefficient (Wildman–Crippen LogP) is 0.434. The van der Waals surface area contributed by atoms with E-state index in [-0.39, 0.29) is 0 Å². The molecule has 0 aromatic rings. The lowest BCUT2D eigenvalue weighted by atomic mass is 9.91. The summed E-state index contributed by atoms with van der Waals surface area (Å²) >= 11 is 3.65. The summed E-state index contributed by atoms with van der Waals surface area (Å²) in [5, 5.41) is 0. The van der Waals surface area contributed by atoms with E-state index >= 15 is 0 Å². The third-order valence-corrected chi connectivity index (χ3v) is 6.52. The first kappa shape index (κ1) is 15.8. The molecule has 3 heterocycles. The summed E-state index contributed by atoms with van der Waals surface area (Å²) in [6.45, 7) is 8.04. The second kappa shape index (κ2) is 6.69. The van der Waals surface area contributed by atoms with Gasteiger partial charge >= 0.3 is 0 Å². The van der Waals surface area contributed by atoms with Crippen molar-refractivity contribution >= 4 is 27.7 Å². The van der Waals surface area contributed by atoms with Gasteiger partial charge in [0.25, 0.3) is 0 Å². The summed E-state index contributed by atoms with van der Waals surface area (Å²) in [6.07, 6.45) is 4.10. The van der Waals surface area contributed by atoms with E-state index in [2.05, 4.69) is 40.5 Å². The number of carbonyl (C=O) groups is 1. The Morgan fingerprint density at radius 3 is 2.61 bits per heavy atom. The number of alkyl halides is 1. The number of nitrogens with zero attached hydrogens (tertiary/aromatic N) is 5. The summed E-state index contributed by atoms with van der Waals surface area (Å²) in [5.41, 5.74) is 0. The quantitative estimate of drug-likeness (QED) is 0.523. The SMILES string of the molecule is O=C(CN1CCN2C(=NCC2Br)C1)N1CCN(C2CCC2)CC1. The molecule has 3 fully saturated rings. The maximum absolute atomic E-state index is 12.6. The lowest BCUT2D eigenvalue weighted by Crippen LogP contribution is -2.56. The van der Waals surface area contributed by atoms with Crippen LogP contribution in [-0.4, -0.2) is 101 Å². The van der Waals surface area contributed by atoms with Gasteiger partial charge in [0.1, 0.15) is 10.8 Å². The number of hydrogen-bond donors (Lipinski definition) is 0. The first-order valence-corrected chi connectivity index (χ1v) is 9.80. The van der Waals surface area contributed by atoms with Crippen LogP contribution in [0.3, 0.4) is 0 Å². The van der Waals surface area contributed by atoms with Gasteiger partial charge in [0.2, 0.25) is 5.91 Å². The Hall–Kier alpha value is -0.660. The minimum absolute atomic E-state index is 0.292. The number of halogens is 1. The number of aliphatic imine (C=N–C) groups is 1. The number of fused-ring (bicyclic) bond motifs is 1. The molecule has 7 heteroatoms. The molecule has 0 spiro atoms. The molecule has 1 aliphatic carbocycles. The highest BCUT2D eigenvalue weighted by Gasteiger charge is 2.33. The summed E-state index contributed by atoms with van der Waals surface area (Å²) in [7, 11) is 0. The molecule has 6 nitrogen and oxygen atoms in total. The van der Waals surface area contributed by atoms with Crippen molar-refractivity contribution in [2.45, 2.75) is 30.3 Å². The fourth-order valence-corrected chi connectivity index (χ4v) is 4.57. The molecule has 1 amide bonds. The van der Waals surface area contributed by atoms with Crippen LogP contribution in [0.4, 0.5) is 0 Å². The predicted molar refractivity (Wildman–Crippen MR) is 94.0 cm³/mol. The normalized spacial score (nSPS) is 30.1. The van der Waals surface area contributed by atoms with E-state index in [1.807, 2.05) is 0 Å². The van der Waals surface area contributed by atoms with Crippen molar-refractivity contribution in [3.8, 4) is 0 Å². The molecule has 4 rings (SSSR count). The molecule has 4 aliphatic rings. The van der Waals surface area contributed by atoms with Crippen molar-refractivity contribution in [1.29, 1.82) is 0 Å². The first-order valence-electron chi connectivity index (χ1n) is 8.89. The van der Waals surface area contributed by atoms with E-state index in [1.54, 1.807) is 0 Å². The van der Waals surface area contributed by atoms with Crippen molar-refractivity contribution in [3.05, 3.63) is 0 Å². The summed E-state index contributed by atoms with van der Waals surface area (Å²) in [5.74, 6) is 1.43. The Bertz CT molecular complexity index is 487. The van der Waals surface area contributed by atoms with Gasteiger partial charge in [-0.25, -0.2) is 0 Å². The van der Waals surface area contributed by atoms with Gasteiger partial charge in [0, 0.05) is 45.3 Å². The average molecular weight is 384 g/mol. The zero-order chi connectivity index (χ0) is 15.8. The number of amides is 1. The molecule has 1 unspecified atom stereocenters. The van der Waals surface area contributed by atoms with E-state index in [4.69, 9.17) is 0 Å². The number of hydrogen-bond acceptors (Lipinski definition) is 5. The van der Waals surface area contributed by atoms with Crippen LogP contribution >= 0.6 is 15.9 Å². The summed E-state index contributed by atoms with van der Waals surface area (Å²) in [6, 6.07) is 0.804. The molecule has 1 saturated carbocycles. The largest absolute Gasteiger partial charge is 0.343 e. The third kappa shape index (κ3) is 3.28. The average Bonchev–Trinajstić information content (AvgIpc) is 2.87. The molecular formula is C16H26BrN5O. The number of carbonyl (C=O) groups excluding carboxylic acids is 1. The third-order valence-electron chi connectivity index (χ3n) is 5.73. The zero-order valence-corrected chi connectivity index (χ0v) is 15.2. The van der Waals surface area contributed by atoms with Crippen molar-refractivity contribution < 1.29 is 4.79 Å². The summed E-state index contributed by atoms with van der Waals surface area (Å²) in [4.78, 5) is 26.7. The Kier molecular flexibility index (Phi) is 4.61. The van der Waals surface area contributed by atoms with Crippen molar-refractivity contribution in [3.63, 3.8) is 0 Å². The Morgan fingerprint density at radius 1 is 1.13 bits per heavy atom. The Morgan fingerprint density at radius 2 is 1.91 bits per heavy atom. The lowest BCUT2D eigenvalue weighted by molar-refractivity contribution is -0.134. The second-order valence-corrected chi connectivity index (χ2v) is 8.15. The van der Waals surface area contributed by atoms with Gasteiger partial charge in [0.15, 0.2) is 0 Å². The molecule has 0 N–H and O–H groups in total. The fraction of sp³-hybridized carbons (Fsp3) is 0.875. The van der Waals surface area contributed by atoms with Crippen LogP contribution in [-0.2, 0) is 4.79 Å². The molecule has 0 radical (unpaired) electrons. The van der Waals surface area contributed by atoms with Crippen LogP contribution in [0.15, 0.2) is 4.99 Å². The minimum Gasteiger partial charge on any atom is -0.343 e. The first-order chi connectivity index (χ1) is 11.2. The van der Waals surface area contributed by atoms with Crippen molar-refractivity contribution in [2.75, 3.05) is 58.9 Å². The maximum Gasteiger partial charge on any atom is 0.236 e. The Labute approximate surface area is 146 Å². The van der Waals surface area contributed by atoms with Gasteiger partial charge in [-0.15, -0.1) is 0 Å². The molecule has 3 aliphatic heterocycles. The minimum atomic E-state index is 0.292. The van der Waals surface area contributed by atoms with E-state index in [1.165, 1.54) is 19.3 Å². The van der Waals surface area contributed by atoms with Gasteiger partial charge in [-0.1, -0.05) is 22.4 Å². The van der Waals surface area contributed by atoms with Gasteiger partial charge in [-0.3, -0.25) is 19.6 Å². The highest BCUT2D eigenvalue weighted by molar-refractivity contribution is 9.09. The monoisotopic (exact) mass is 383 g/mol. The summed E-state index contributed by atoms with van der Waals surface area (Å²) < 4.78 is 0.